The molecule has 0 bridgehead atoms. The van der Waals surface area contributed by atoms with E-state index in [2.05, 4.69) is 5.32 Å². The molecule has 1 amide bonds. The number of benzene rings is 1. The number of nitrogens with two attached hydrogens (primary N) is 1. The first kappa shape index (κ1) is 14.5. The van der Waals surface area contributed by atoms with E-state index in [0.717, 1.165) is 25.1 Å². The molecule has 5 nitrogen and oxygen atoms in total. The van der Waals surface area contributed by atoms with Gasteiger partial charge in [-0.15, -0.1) is 0 Å². The molecular weight excluding hydrogens is 232 g/mol. The molecule has 0 spiro atoms. The predicted octanol–water partition coefficient (Wildman–Crippen LogP) is 0.411. The molecule has 1 aromatic carbocycles. The summed E-state index contributed by atoms with van der Waals surface area (Å²) in [5.74, 6) is 0.139. The van der Waals surface area contributed by atoms with Gasteiger partial charge < -0.3 is 20.9 Å². The number of ether oxygens (including phenoxy) is 1. The fraction of sp³-hybridized carbons (Fsp3) is 0.462. The highest BCUT2D eigenvalue weighted by Crippen LogP contribution is 2.11. The average Bonchev–Trinajstić information content (AvgIpc) is 2.33. The summed E-state index contributed by atoms with van der Waals surface area (Å²) in [6.07, 6.45) is 0.460. The maximum absolute atomic E-state index is 10.5. The van der Waals surface area contributed by atoms with Gasteiger partial charge in [0.25, 0.3) is 5.91 Å². The van der Waals surface area contributed by atoms with E-state index in [4.69, 9.17) is 15.6 Å². The van der Waals surface area contributed by atoms with Gasteiger partial charge in [-0.05, 0) is 37.6 Å². The van der Waals surface area contributed by atoms with Gasteiger partial charge in [-0.3, -0.25) is 4.79 Å². The molecule has 0 aliphatic carbocycles. The van der Waals surface area contributed by atoms with Crippen molar-refractivity contribution in [3.05, 3.63) is 29.8 Å². The number of hydrogen-bond donors (Lipinski definition) is 3. The number of amides is 1. The van der Waals surface area contributed by atoms with E-state index in [0.29, 0.717) is 5.75 Å². The molecule has 0 saturated heterocycles. The minimum Gasteiger partial charge on any atom is -0.484 e. The van der Waals surface area contributed by atoms with Crippen molar-refractivity contribution in [1.82, 2.24) is 5.32 Å². The molecule has 1 rings (SSSR count). The summed E-state index contributed by atoms with van der Waals surface area (Å²) < 4.78 is 5.15. The van der Waals surface area contributed by atoms with E-state index in [-0.39, 0.29) is 12.7 Å². The fourth-order valence-corrected chi connectivity index (χ4v) is 1.40. The molecule has 0 radical (unpaired) electrons. The summed E-state index contributed by atoms with van der Waals surface area (Å²) in [5.41, 5.74) is 6.10. The lowest BCUT2D eigenvalue weighted by atomic mass is 10.2. The highest BCUT2D eigenvalue weighted by molar-refractivity contribution is 5.75. The quantitative estimate of drug-likeness (QED) is 0.585. The molecule has 0 saturated carbocycles. The van der Waals surface area contributed by atoms with Crippen LogP contribution in [0.5, 0.6) is 5.75 Å². The Morgan fingerprint density at radius 2 is 2.11 bits per heavy atom. The van der Waals surface area contributed by atoms with Crippen LogP contribution in [-0.4, -0.2) is 30.3 Å². The minimum atomic E-state index is -0.487. The van der Waals surface area contributed by atoms with Crippen LogP contribution in [0, 0.1) is 0 Å². The Morgan fingerprint density at radius 1 is 1.44 bits per heavy atom. The van der Waals surface area contributed by atoms with Gasteiger partial charge in [0.15, 0.2) is 6.61 Å². The summed E-state index contributed by atoms with van der Waals surface area (Å²) in [5, 5.41) is 12.3. The Labute approximate surface area is 107 Å². The number of nitrogens with one attached hydrogen (secondary N) is 1. The molecule has 0 fully saturated rings. The molecule has 1 unspecified atom stereocenters. The van der Waals surface area contributed by atoms with Gasteiger partial charge in [0.05, 0.1) is 6.10 Å². The number of carbonyl (C=O) groups is 1. The standard InChI is InChI=1S/C13H20N2O3/c1-10(16)6-7-15-8-11-2-4-12(5-3-11)18-9-13(14)17/h2-5,10,15-16H,6-9H2,1H3,(H2,14,17). The number of primary amides is 1. The molecule has 0 aromatic heterocycles. The van der Waals surface area contributed by atoms with E-state index in [1.165, 1.54) is 0 Å². The Bertz CT molecular complexity index is 363. The second kappa shape index (κ2) is 7.68. The van der Waals surface area contributed by atoms with E-state index in [9.17, 15) is 4.79 Å². The zero-order chi connectivity index (χ0) is 13.4. The lowest BCUT2D eigenvalue weighted by Crippen LogP contribution is -2.20. The van der Waals surface area contributed by atoms with Gasteiger partial charge in [0.1, 0.15) is 5.75 Å². The highest BCUT2D eigenvalue weighted by atomic mass is 16.5. The van der Waals surface area contributed by atoms with Crippen molar-refractivity contribution in [1.29, 1.82) is 0 Å². The molecule has 1 aromatic rings. The van der Waals surface area contributed by atoms with Crippen molar-refractivity contribution in [2.24, 2.45) is 5.73 Å². The summed E-state index contributed by atoms with van der Waals surface area (Å²) in [4.78, 5) is 10.5. The van der Waals surface area contributed by atoms with Gasteiger partial charge in [-0.25, -0.2) is 0 Å². The third-order valence-corrected chi connectivity index (χ3v) is 2.37. The van der Waals surface area contributed by atoms with E-state index in [1.807, 2.05) is 12.1 Å². The van der Waals surface area contributed by atoms with Crippen LogP contribution in [0.15, 0.2) is 24.3 Å². The lowest BCUT2D eigenvalue weighted by Gasteiger charge is -2.08. The van der Waals surface area contributed by atoms with Gasteiger partial charge in [0.2, 0.25) is 0 Å². The largest absolute Gasteiger partial charge is 0.484 e. The number of hydrogen-bond acceptors (Lipinski definition) is 4. The SMILES string of the molecule is CC(O)CCNCc1ccc(OCC(N)=O)cc1. The summed E-state index contributed by atoms with van der Waals surface area (Å²) >= 11 is 0. The number of carbonyl (C=O) groups excluding carboxylic acids is 1. The van der Waals surface area contributed by atoms with Crippen LogP contribution in [-0.2, 0) is 11.3 Å². The fourth-order valence-electron chi connectivity index (χ4n) is 1.40. The van der Waals surface area contributed by atoms with Gasteiger partial charge in [0, 0.05) is 6.54 Å². The molecule has 5 heteroatoms. The molecule has 4 N–H and O–H groups in total. The second-order valence-electron chi connectivity index (χ2n) is 4.21. The normalized spacial score (nSPS) is 12.1. The van der Waals surface area contributed by atoms with Crippen LogP contribution < -0.4 is 15.8 Å². The first-order valence-electron chi connectivity index (χ1n) is 5.96. The van der Waals surface area contributed by atoms with Crippen molar-refractivity contribution in [3.63, 3.8) is 0 Å². The molecule has 0 aliphatic heterocycles. The third-order valence-electron chi connectivity index (χ3n) is 2.37. The van der Waals surface area contributed by atoms with Crippen molar-refractivity contribution in [3.8, 4) is 5.75 Å². The second-order valence-corrected chi connectivity index (χ2v) is 4.21. The van der Waals surface area contributed by atoms with Gasteiger partial charge >= 0.3 is 0 Å². The zero-order valence-electron chi connectivity index (χ0n) is 10.6. The van der Waals surface area contributed by atoms with Crippen molar-refractivity contribution in [2.75, 3.05) is 13.2 Å². The van der Waals surface area contributed by atoms with E-state index in [1.54, 1.807) is 19.1 Å². The highest BCUT2D eigenvalue weighted by Gasteiger charge is 1.99. The maximum atomic E-state index is 10.5. The molecule has 0 aliphatic rings. The molecule has 0 heterocycles. The smallest absolute Gasteiger partial charge is 0.255 e. The van der Waals surface area contributed by atoms with Gasteiger partial charge in [-0.2, -0.15) is 0 Å². The molecule has 1 atom stereocenters. The van der Waals surface area contributed by atoms with Gasteiger partial charge in [-0.1, -0.05) is 12.1 Å². The van der Waals surface area contributed by atoms with Crippen LogP contribution in [0.1, 0.15) is 18.9 Å². The molecule has 18 heavy (non-hydrogen) atoms. The number of aliphatic hydroxyl groups is 1. The van der Waals surface area contributed by atoms with Crippen LogP contribution in [0.2, 0.25) is 0 Å². The minimum absolute atomic E-state index is 0.105. The number of aliphatic hydroxyl groups excluding tert-OH is 1. The Hall–Kier alpha value is -1.59. The topological polar surface area (TPSA) is 84.6 Å². The van der Waals surface area contributed by atoms with E-state index < -0.39 is 5.91 Å². The predicted molar refractivity (Wildman–Crippen MR) is 69.1 cm³/mol. The average molecular weight is 252 g/mol. The molecule has 100 valence electrons. The van der Waals surface area contributed by atoms with Crippen LogP contribution in [0.25, 0.3) is 0 Å². The zero-order valence-corrected chi connectivity index (χ0v) is 10.6. The summed E-state index contributed by atoms with van der Waals surface area (Å²) in [6.45, 7) is 3.18. The van der Waals surface area contributed by atoms with Crippen molar-refractivity contribution >= 4 is 5.91 Å². The monoisotopic (exact) mass is 252 g/mol. The summed E-state index contributed by atoms with van der Waals surface area (Å²) in [6, 6.07) is 7.45. The first-order chi connectivity index (χ1) is 8.58. The Kier molecular flexibility index (Phi) is 6.18. The third kappa shape index (κ3) is 6.22. The lowest BCUT2D eigenvalue weighted by molar-refractivity contribution is -0.119. The van der Waals surface area contributed by atoms with Crippen LogP contribution in [0.3, 0.4) is 0 Å². The molecular formula is C13H20N2O3. The Morgan fingerprint density at radius 3 is 2.67 bits per heavy atom. The van der Waals surface area contributed by atoms with E-state index >= 15 is 0 Å². The number of rotatable bonds is 8. The van der Waals surface area contributed by atoms with Crippen molar-refractivity contribution in [2.45, 2.75) is 26.0 Å². The maximum Gasteiger partial charge on any atom is 0.255 e. The van der Waals surface area contributed by atoms with Crippen LogP contribution in [0.4, 0.5) is 0 Å². The first-order valence-corrected chi connectivity index (χ1v) is 5.96. The van der Waals surface area contributed by atoms with Crippen LogP contribution >= 0.6 is 0 Å². The van der Waals surface area contributed by atoms with Crippen molar-refractivity contribution < 1.29 is 14.6 Å². The summed E-state index contributed by atoms with van der Waals surface area (Å²) in [7, 11) is 0. The Balaban J connectivity index is 2.29.